The van der Waals surface area contributed by atoms with Crippen molar-refractivity contribution in [3.05, 3.63) is 57.9 Å². The fraction of sp³-hybridized carbons (Fsp3) is 0.167. The highest BCUT2D eigenvalue weighted by atomic mass is 35.5. The Balaban J connectivity index is 2.16. The molecule has 3 rings (SSSR count). The fourth-order valence-electron chi connectivity index (χ4n) is 2.42. The third-order valence-electron chi connectivity index (χ3n) is 3.83. The van der Waals surface area contributed by atoms with E-state index in [-0.39, 0.29) is 0 Å². The summed E-state index contributed by atoms with van der Waals surface area (Å²) in [6.45, 7) is 1.61. The first-order valence-corrected chi connectivity index (χ1v) is 8.04. The lowest BCUT2D eigenvalue weighted by molar-refractivity contribution is -0.806. The van der Waals surface area contributed by atoms with Gasteiger partial charge in [-0.25, -0.2) is 0 Å². The molecule has 0 atom stereocenters. The Morgan fingerprint density at radius 3 is 2.50 bits per heavy atom. The van der Waals surface area contributed by atoms with Gasteiger partial charge >= 0.3 is 0 Å². The van der Waals surface area contributed by atoms with Crippen molar-refractivity contribution in [1.82, 2.24) is 5.16 Å². The predicted molar refractivity (Wildman–Crippen MR) is 97.4 cm³/mol. The van der Waals surface area contributed by atoms with Crippen LogP contribution in [0.5, 0.6) is 11.5 Å². The Bertz CT molecular complexity index is 969. The number of ether oxygens (including phenoxy) is 2. The molecular formula is C18H16ClN3O4. The zero-order valence-electron chi connectivity index (χ0n) is 14.4. The van der Waals surface area contributed by atoms with E-state index in [0.717, 1.165) is 5.56 Å². The third kappa shape index (κ3) is 3.34. The Hall–Kier alpha value is -3.06. The minimum Gasteiger partial charge on any atom is -0.493 e. The third-order valence-corrected chi connectivity index (χ3v) is 4.17. The van der Waals surface area contributed by atoms with E-state index in [1.54, 1.807) is 31.3 Å². The number of aromatic nitrogens is 2. The van der Waals surface area contributed by atoms with Crippen molar-refractivity contribution < 1.29 is 19.0 Å². The average Bonchev–Trinajstić information content (AvgIpc) is 2.99. The summed E-state index contributed by atoms with van der Waals surface area (Å²) in [4.78, 5) is 4.85. The van der Waals surface area contributed by atoms with E-state index < -0.39 is 0 Å². The van der Waals surface area contributed by atoms with Crippen LogP contribution in [0, 0.1) is 12.1 Å². The monoisotopic (exact) mass is 373 g/mol. The van der Waals surface area contributed by atoms with Crippen molar-refractivity contribution in [1.29, 1.82) is 0 Å². The van der Waals surface area contributed by atoms with E-state index >= 15 is 0 Å². The zero-order chi connectivity index (χ0) is 18.7. The van der Waals surface area contributed by atoms with Gasteiger partial charge in [0.15, 0.2) is 11.5 Å². The van der Waals surface area contributed by atoms with Gasteiger partial charge in [-0.1, -0.05) is 29.8 Å². The largest absolute Gasteiger partial charge is 0.493 e. The van der Waals surface area contributed by atoms with E-state index in [2.05, 4.69) is 14.8 Å². The number of methoxy groups -OCH3 is 2. The molecule has 0 bridgehead atoms. The second-order valence-electron chi connectivity index (χ2n) is 5.37. The van der Waals surface area contributed by atoms with Crippen LogP contribution in [0.3, 0.4) is 0 Å². The standard InChI is InChI=1S/C18H16ClN3O4/c1-11-18(21-26-22(11)23)13-8-16(24-2)17(25-3)9-15(13)20-10-12-6-4-5-7-14(12)19/h4-10H,1-3H3. The van der Waals surface area contributed by atoms with Crippen molar-refractivity contribution in [2.75, 3.05) is 14.2 Å². The van der Waals surface area contributed by atoms with Gasteiger partial charge in [0.2, 0.25) is 5.69 Å². The van der Waals surface area contributed by atoms with Gasteiger partial charge in [-0.05, 0) is 17.0 Å². The number of nitrogens with zero attached hydrogens (tertiary/aromatic N) is 3. The second-order valence-corrected chi connectivity index (χ2v) is 5.78. The molecule has 2 aromatic carbocycles. The number of rotatable bonds is 5. The predicted octanol–water partition coefficient (Wildman–Crippen LogP) is 3.70. The van der Waals surface area contributed by atoms with Crippen molar-refractivity contribution in [2.45, 2.75) is 6.92 Å². The van der Waals surface area contributed by atoms with Gasteiger partial charge in [0.05, 0.1) is 25.5 Å². The Morgan fingerprint density at radius 2 is 1.88 bits per heavy atom. The molecule has 0 aliphatic carbocycles. The Kier molecular flexibility index (Phi) is 5.09. The van der Waals surface area contributed by atoms with Gasteiger partial charge in [0, 0.05) is 34.9 Å². The highest BCUT2D eigenvalue weighted by Gasteiger charge is 2.22. The van der Waals surface area contributed by atoms with Crippen LogP contribution in [0.15, 0.2) is 46.0 Å². The summed E-state index contributed by atoms with van der Waals surface area (Å²) in [6, 6.07) is 10.7. The topological polar surface area (TPSA) is 83.8 Å². The molecule has 0 amide bonds. The first kappa shape index (κ1) is 17.8. The minimum absolute atomic E-state index is 0.311. The summed E-state index contributed by atoms with van der Waals surface area (Å²) in [7, 11) is 3.06. The Labute approximate surface area is 155 Å². The summed E-state index contributed by atoms with van der Waals surface area (Å²) in [5.41, 5.74) is 2.53. The quantitative estimate of drug-likeness (QED) is 0.503. The lowest BCUT2D eigenvalue weighted by atomic mass is 10.1. The van der Waals surface area contributed by atoms with Crippen LogP contribution < -0.4 is 14.4 Å². The van der Waals surface area contributed by atoms with Crippen LogP contribution >= 0.6 is 11.6 Å². The van der Waals surface area contributed by atoms with E-state index in [9.17, 15) is 5.21 Å². The van der Waals surface area contributed by atoms with Gasteiger partial charge in [-0.15, -0.1) is 0 Å². The van der Waals surface area contributed by atoms with Crippen LogP contribution in [0.2, 0.25) is 5.02 Å². The molecule has 1 heterocycles. The van der Waals surface area contributed by atoms with Crippen LogP contribution in [-0.2, 0) is 0 Å². The maximum absolute atomic E-state index is 11.6. The maximum atomic E-state index is 11.6. The molecule has 0 spiro atoms. The smallest absolute Gasteiger partial charge is 0.253 e. The molecule has 7 nitrogen and oxygen atoms in total. The van der Waals surface area contributed by atoms with Crippen LogP contribution in [-0.4, -0.2) is 25.6 Å². The van der Waals surface area contributed by atoms with Crippen LogP contribution in [0.4, 0.5) is 5.69 Å². The highest BCUT2D eigenvalue weighted by Crippen LogP contribution is 2.40. The molecule has 0 N–H and O–H groups in total. The maximum Gasteiger partial charge on any atom is 0.253 e. The van der Waals surface area contributed by atoms with Crippen LogP contribution in [0.25, 0.3) is 11.3 Å². The molecule has 0 aliphatic heterocycles. The molecule has 0 aliphatic rings. The fourth-order valence-corrected chi connectivity index (χ4v) is 2.60. The highest BCUT2D eigenvalue weighted by molar-refractivity contribution is 6.33. The minimum atomic E-state index is 0.311. The molecule has 0 saturated carbocycles. The van der Waals surface area contributed by atoms with Gasteiger partial charge in [-0.2, -0.15) is 0 Å². The number of benzene rings is 2. The van der Waals surface area contributed by atoms with Gasteiger partial charge in [-0.3, -0.25) is 9.62 Å². The molecule has 26 heavy (non-hydrogen) atoms. The molecule has 0 unspecified atom stereocenters. The summed E-state index contributed by atoms with van der Waals surface area (Å²) in [5.74, 6) is 0.984. The first-order valence-electron chi connectivity index (χ1n) is 7.66. The lowest BCUT2D eigenvalue weighted by Crippen LogP contribution is -2.25. The molecule has 0 radical (unpaired) electrons. The number of halogens is 1. The summed E-state index contributed by atoms with van der Waals surface area (Å²) >= 11 is 6.17. The van der Waals surface area contributed by atoms with Gasteiger partial charge in [0.1, 0.15) is 0 Å². The second kappa shape index (κ2) is 7.45. The van der Waals surface area contributed by atoms with E-state index in [0.29, 0.717) is 44.1 Å². The van der Waals surface area contributed by atoms with Gasteiger partial charge < -0.3 is 14.7 Å². The molecular weight excluding hydrogens is 358 g/mol. The summed E-state index contributed by atoms with van der Waals surface area (Å²) in [5, 5.41) is 16.0. The normalized spacial score (nSPS) is 11.1. The first-order chi connectivity index (χ1) is 12.5. The molecule has 0 fully saturated rings. The number of hydrogen-bond donors (Lipinski definition) is 0. The summed E-state index contributed by atoms with van der Waals surface area (Å²) in [6.07, 6.45) is 1.63. The lowest BCUT2D eigenvalue weighted by Gasteiger charge is -2.10. The average molecular weight is 374 g/mol. The molecule has 8 heteroatoms. The Morgan fingerprint density at radius 1 is 1.19 bits per heavy atom. The van der Waals surface area contributed by atoms with Crippen molar-refractivity contribution in [2.24, 2.45) is 4.99 Å². The number of hydrogen-bond acceptors (Lipinski definition) is 6. The van der Waals surface area contributed by atoms with E-state index in [1.165, 1.54) is 14.2 Å². The van der Waals surface area contributed by atoms with E-state index in [1.807, 2.05) is 18.2 Å². The van der Waals surface area contributed by atoms with Gasteiger partial charge in [0.25, 0.3) is 5.69 Å². The molecule has 134 valence electrons. The number of aliphatic imine (C=N–C) groups is 1. The van der Waals surface area contributed by atoms with Crippen molar-refractivity contribution in [3.63, 3.8) is 0 Å². The molecule has 3 aromatic rings. The SMILES string of the molecule is COc1cc(N=Cc2ccccc2Cl)c(-c2no[n+]([O-])c2C)cc1OC. The van der Waals surface area contributed by atoms with Crippen LogP contribution in [0.1, 0.15) is 11.3 Å². The van der Waals surface area contributed by atoms with Crippen molar-refractivity contribution in [3.8, 4) is 22.8 Å². The molecule has 0 saturated heterocycles. The van der Waals surface area contributed by atoms with Crippen molar-refractivity contribution >= 4 is 23.5 Å². The van der Waals surface area contributed by atoms with E-state index in [4.69, 9.17) is 21.1 Å². The summed E-state index contributed by atoms with van der Waals surface area (Å²) < 4.78 is 15.4. The zero-order valence-corrected chi connectivity index (χ0v) is 15.1. The molecule has 1 aromatic heterocycles.